The Kier molecular flexibility index (Phi) is 6.26. The summed E-state index contributed by atoms with van der Waals surface area (Å²) < 4.78 is 0. The Hall–Kier alpha value is -0.340. The average Bonchev–Trinajstić information content (AvgIpc) is 3.05. The molecule has 0 heterocycles. The molecular weight excluding hydrogens is 354 g/mol. The van der Waals surface area contributed by atoms with Crippen molar-refractivity contribution in [1.82, 2.24) is 0 Å². The second kappa shape index (κ2) is 8.30. The van der Waals surface area contributed by atoms with Gasteiger partial charge in [0, 0.05) is 0 Å². The number of rotatable bonds is 6. The van der Waals surface area contributed by atoms with E-state index >= 15 is 0 Å². The summed E-state index contributed by atoms with van der Waals surface area (Å²) in [6, 6.07) is 0. The van der Waals surface area contributed by atoms with Crippen molar-refractivity contribution < 1.29 is 5.11 Å². The predicted octanol–water partition coefficient (Wildman–Crippen LogP) is 6.33. The largest absolute Gasteiger partial charge is 0.393 e. The lowest BCUT2D eigenvalue weighted by Crippen LogP contribution is -2.50. The van der Waals surface area contributed by atoms with Crippen molar-refractivity contribution in [3.05, 3.63) is 11.6 Å². The lowest BCUT2D eigenvalue weighted by Gasteiger charge is -2.58. The van der Waals surface area contributed by atoms with Crippen LogP contribution in [-0.4, -0.2) is 17.8 Å². The molecule has 166 valence electrons. The molecule has 4 aliphatic rings. The fourth-order valence-electron chi connectivity index (χ4n) is 8.72. The molecule has 2 heteroatoms. The van der Waals surface area contributed by atoms with Crippen molar-refractivity contribution in [2.75, 3.05) is 6.54 Å². The van der Waals surface area contributed by atoms with Crippen LogP contribution in [0.5, 0.6) is 0 Å². The van der Waals surface area contributed by atoms with Gasteiger partial charge in [0.15, 0.2) is 0 Å². The number of aliphatic hydroxyl groups excluding tert-OH is 1. The standard InChI is InChI=1S/C27H47NO/c1-18(17-28)6-5-7-19(2)23-10-11-24-22-9-8-20-16-21(29)12-14-26(20,3)25(22)13-15-27(23,24)4/h8,18-19,21-25,29H,5-7,9-17,28H2,1-4H3/t18?,19-,21+,22?,23-,24+,25+,26+,27-/m1/s1. The van der Waals surface area contributed by atoms with E-state index in [0.29, 0.717) is 16.7 Å². The first-order valence-electron chi connectivity index (χ1n) is 12.9. The fraction of sp³-hybridized carbons (Fsp3) is 0.926. The maximum atomic E-state index is 10.2. The van der Waals surface area contributed by atoms with Crippen LogP contribution in [0, 0.1) is 46.3 Å². The Morgan fingerprint density at radius 3 is 2.62 bits per heavy atom. The zero-order valence-electron chi connectivity index (χ0n) is 19.6. The molecule has 0 amide bonds. The molecule has 0 aromatic rings. The molecule has 9 atom stereocenters. The highest BCUT2D eigenvalue weighted by Gasteiger charge is 2.59. The zero-order chi connectivity index (χ0) is 20.8. The minimum Gasteiger partial charge on any atom is -0.393 e. The highest BCUT2D eigenvalue weighted by molar-refractivity contribution is 5.25. The van der Waals surface area contributed by atoms with E-state index in [2.05, 4.69) is 33.8 Å². The molecule has 4 rings (SSSR count). The van der Waals surface area contributed by atoms with Gasteiger partial charge in [-0.15, -0.1) is 0 Å². The molecular formula is C27H47NO. The minimum absolute atomic E-state index is 0.0848. The normalized spacial score (nSPS) is 46.3. The minimum atomic E-state index is -0.0848. The Labute approximate surface area is 180 Å². The van der Waals surface area contributed by atoms with Gasteiger partial charge in [0.25, 0.3) is 0 Å². The molecule has 0 aromatic carbocycles. The summed E-state index contributed by atoms with van der Waals surface area (Å²) in [6.45, 7) is 10.9. The quantitative estimate of drug-likeness (QED) is 0.511. The summed E-state index contributed by atoms with van der Waals surface area (Å²) >= 11 is 0. The SMILES string of the molecule is CC(CN)CCC[C@@H](C)[C@H]1CC[C@H]2C3CC=C4C[C@@H](O)CC[C@]4(C)[C@H]3CC[C@]12C. The Morgan fingerprint density at radius 2 is 1.86 bits per heavy atom. The van der Waals surface area contributed by atoms with Gasteiger partial charge in [-0.05, 0) is 111 Å². The predicted molar refractivity (Wildman–Crippen MR) is 122 cm³/mol. The van der Waals surface area contributed by atoms with Crippen molar-refractivity contribution in [2.24, 2.45) is 52.1 Å². The van der Waals surface area contributed by atoms with Gasteiger partial charge >= 0.3 is 0 Å². The van der Waals surface area contributed by atoms with Crippen LogP contribution in [0.1, 0.15) is 98.3 Å². The van der Waals surface area contributed by atoms with Crippen molar-refractivity contribution in [2.45, 2.75) is 104 Å². The summed E-state index contributed by atoms with van der Waals surface area (Å²) in [5.41, 5.74) is 8.38. The van der Waals surface area contributed by atoms with Crippen LogP contribution < -0.4 is 5.73 Å². The molecule has 29 heavy (non-hydrogen) atoms. The maximum Gasteiger partial charge on any atom is 0.0577 e. The van der Waals surface area contributed by atoms with Crippen LogP contribution in [0.4, 0.5) is 0 Å². The zero-order valence-corrected chi connectivity index (χ0v) is 19.6. The first kappa shape index (κ1) is 21.9. The van der Waals surface area contributed by atoms with Crippen molar-refractivity contribution in [3.8, 4) is 0 Å². The summed E-state index contributed by atoms with van der Waals surface area (Å²) in [6.07, 6.45) is 16.8. The lowest BCUT2D eigenvalue weighted by molar-refractivity contribution is -0.0573. The van der Waals surface area contributed by atoms with Crippen molar-refractivity contribution >= 4 is 0 Å². The van der Waals surface area contributed by atoms with E-state index in [1.807, 2.05) is 0 Å². The van der Waals surface area contributed by atoms with E-state index < -0.39 is 0 Å². The maximum absolute atomic E-state index is 10.2. The summed E-state index contributed by atoms with van der Waals surface area (Å²) in [5, 5.41) is 10.2. The fourth-order valence-corrected chi connectivity index (χ4v) is 8.72. The smallest absolute Gasteiger partial charge is 0.0577 e. The topological polar surface area (TPSA) is 46.2 Å². The third-order valence-corrected chi connectivity index (χ3v) is 10.6. The van der Waals surface area contributed by atoms with Crippen LogP contribution >= 0.6 is 0 Å². The first-order valence-corrected chi connectivity index (χ1v) is 12.9. The van der Waals surface area contributed by atoms with Crippen LogP contribution in [0.25, 0.3) is 0 Å². The molecule has 4 aliphatic carbocycles. The molecule has 0 aliphatic heterocycles. The summed E-state index contributed by atoms with van der Waals surface area (Å²) in [7, 11) is 0. The molecule has 0 radical (unpaired) electrons. The average molecular weight is 402 g/mol. The van der Waals surface area contributed by atoms with Gasteiger partial charge in [0.05, 0.1) is 6.10 Å². The number of hydrogen-bond donors (Lipinski definition) is 2. The molecule has 0 saturated heterocycles. The molecule has 2 nitrogen and oxygen atoms in total. The van der Waals surface area contributed by atoms with E-state index in [0.717, 1.165) is 49.0 Å². The van der Waals surface area contributed by atoms with Gasteiger partial charge in [-0.25, -0.2) is 0 Å². The second-order valence-corrected chi connectivity index (χ2v) is 12.1. The second-order valence-electron chi connectivity index (χ2n) is 12.1. The summed E-state index contributed by atoms with van der Waals surface area (Å²) in [4.78, 5) is 0. The van der Waals surface area contributed by atoms with E-state index in [4.69, 9.17) is 5.73 Å². The number of aliphatic hydroxyl groups is 1. The van der Waals surface area contributed by atoms with Gasteiger partial charge < -0.3 is 10.8 Å². The van der Waals surface area contributed by atoms with Gasteiger partial charge in [-0.3, -0.25) is 0 Å². The number of allylic oxidation sites excluding steroid dienone is 1. The summed E-state index contributed by atoms with van der Waals surface area (Å²) in [5.74, 6) is 5.16. The van der Waals surface area contributed by atoms with Crippen molar-refractivity contribution in [3.63, 3.8) is 0 Å². The molecule has 0 aromatic heterocycles. The number of hydrogen-bond acceptors (Lipinski definition) is 2. The number of nitrogens with two attached hydrogens (primary N) is 1. The molecule has 3 saturated carbocycles. The van der Waals surface area contributed by atoms with Crippen molar-refractivity contribution in [1.29, 1.82) is 0 Å². The van der Waals surface area contributed by atoms with Gasteiger partial charge in [-0.2, -0.15) is 0 Å². The van der Waals surface area contributed by atoms with Crippen LogP contribution in [0.2, 0.25) is 0 Å². The van der Waals surface area contributed by atoms with Crippen LogP contribution in [-0.2, 0) is 0 Å². The van der Waals surface area contributed by atoms with Crippen LogP contribution in [0.3, 0.4) is 0 Å². The van der Waals surface area contributed by atoms with Crippen LogP contribution in [0.15, 0.2) is 11.6 Å². The van der Waals surface area contributed by atoms with E-state index in [-0.39, 0.29) is 6.10 Å². The number of fused-ring (bicyclic) bond motifs is 5. The van der Waals surface area contributed by atoms with Gasteiger partial charge in [0.1, 0.15) is 0 Å². The highest BCUT2D eigenvalue weighted by atomic mass is 16.3. The lowest BCUT2D eigenvalue weighted by atomic mass is 9.47. The highest BCUT2D eigenvalue weighted by Crippen LogP contribution is 2.67. The third kappa shape index (κ3) is 3.75. The van der Waals surface area contributed by atoms with Gasteiger partial charge in [-0.1, -0.05) is 52.2 Å². The first-order chi connectivity index (χ1) is 13.8. The Balaban J connectivity index is 1.46. The Bertz CT molecular complexity index is 614. The van der Waals surface area contributed by atoms with E-state index in [1.54, 1.807) is 5.57 Å². The monoisotopic (exact) mass is 401 g/mol. The van der Waals surface area contributed by atoms with E-state index in [9.17, 15) is 5.11 Å². The van der Waals surface area contributed by atoms with Gasteiger partial charge in [0.2, 0.25) is 0 Å². The molecule has 3 N–H and O–H groups in total. The third-order valence-electron chi connectivity index (χ3n) is 10.6. The molecule has 0 spiro atoms. The molecule has 2 unspecified atom stereocenters. The van der Waals surface area contributed by atoms with E-state index in [1.165, 1.54) is 57.8 Å². The molecule has 3 fully saturated rings. The molecule has 0 bridgehead atoms. The Morgan fingerprint density at radius 1 is 1.07 bits per heavy atom.